The molecule has 1 saturated heterocycles. The number of rotatable bonds is 3. The fraction of sp³-hybridized carbons (Fsp3) is 0.579. The number of hydrogen-bond donors (Lipinski definition) is 2. The van der Waals surface area contributed by atoms with Crippen molar-refractivity contribution in [2.24, 2.45) is 17.6 Å². The van der Waals surface area contributed by atoms with Crippen LogP contribution in [0.15, 0.2) is 24.3 Å². The van der Waals surface area contributed by atoms with Crippen LogP contribution in [0.2, 0.25) is 0 Å². The molecule has 2 atom stereocenters. The number of amides is 2. The van der Waals surface area contributed by atoms with E-state index < -0.39 is 0 Å². The monoisotopic (exact) mass is 363 g/mol. The molecule has 136 valence electrons. The fourth-order valence-corrected chi connectivity index (χ4v) is 4.02. The molecule has 3 aliphatic rings. The highest BCUT2D eigenvalue weighted by atomic mass is 35.5. The van der Waals surface area contributed by atoms with Gasteiger partial charge in [-0.2, -0.15) is 0 Å². The third-order valence-corrected chi connectivity index (χ3v) is 5.72. The first-order valence-corrected chi connectivity index (χ1v) is 9.06. The minimum atomic E-state index is -0.123. The van der Waals surface area contributed by atoms with Crippen molar-refractivity contribution in [2.75, 3.05) is 13.1 Å². The second-order valence-electron chi connectivity index (χ2n) is 7.42. The molecule has 0 radical (unpaired) electrons. The number of nitrogens with one attached hydrogen (secondary N) is 1. The SMILES string of the molecule is Cl.N[C@H]1c2ccccc2C[C@@H]1NC(=O)C1CCN(C(=O)C2CC2)CC1. The third kappa shape index (κ3) is 3.67. The van der Waals surface area contributed by atoms with Gasteiger partial charge < -0.3 is 16.0 Å². The van der Waals surface area contributed by atoms with E-state index in [0.717, 1.165) is 37.7 Å². The zero-order valence-corrected chi connectivity index (χ0v) is 15.1. The van der Waals surface area contributed by atoms with Gasteiger partial charge in [0.05, 0.1) is 12.1 Å². The summed E-state index contributed by atoms with van der Waals surface area (Å²) in [6.45, 7) is 1.43. The van der Waals surface area contributed by atoms with Crippen molar-refractivity contribution >= 4 is 24.2 Å². The standard InChI is InChI=1S/C19H25N3O2.ClH/c20-17-15-4-2-1-3-14(15)11-16(17)21-18(23)12-7-9-22(10-8-12)19(24)13-5-6-13;/h1-4,12-13,16-17H,5-11,20H2,(H,21,23);1H/t16-,17-;/m0./s1. The van der Waals surface area contributed by atoms with Gasteiger partial charge in [0.25, 0.3) is 0 Å². The summed E-state index contributed by atoms with van der Waals surface area (Å²) in [7, 11) is 0. The van der Waals surface area contributed by atoms with E-state index in [0.29, 0.717) is 19.0 Å². The van der Waals surface area contributed by atoms with Gasteiger partial charge in [-0.1, -0.05) is 24.3 Å². The van der Waals surface area contributed by atoms with Gasteiger partial charge in [0.1, 0.15) is 0 Å². The zero-order valence-electron chi connectivity index (χ0n) is 14.3. The summed E-state index contributed by atoms with van der Waals surface area (Å²) < 4.78 is 0. The molecule has 1 aliphatic heterocycles. The molecule has 4 rings (SSSR count). The summed E-state index contributed by atoms with van der Waals surface area (Å²) in [6, 6.07) is 8.01. The number of halogens is 1. The predicted octanol–water partition coefficient (Wildman–Crippen LogP) is 1.80. The van der Waals surface area contributed by atoms with E-state index in [1.807, 2.05) is 23.1 Å². The molecular weight excluding hydrogens is 338 g/mol. The van der Waals surface area contributed by atoms with Crippen LogP contribution in [-0.2, 0) is 16.0 Å². The molecule has 25 heavy (non-hydrogen) atoms. The fourth-order valence-electron chi connectivity index (χ4n) is 4.02. The average Bonchev–Trinajstić information content (AvgIpc) is 3.41. The second-order valence-corrected chi connectivity index (χ2v) is 7.42. The number of carbonyl (C=O) groups excluding carboxylic acids is 2. The van der Waals surface area contributed by atoms with Crippen LogP contribution in [0.1, 0.15) is 42.9 Å². The van der Waals surface area contributed by atoms with Crippen molar-refractivity contribution in [1.29, 1.82) is 0 Å². The molecule has 1 saturated carbocycles. The molecule has 2 aliphatic carbocycles. The van der Waals surface area contributed by atoms with Gasteiger partial charge in [0, 0.05) is 24.9 Å². The summed E-state index contributed by atoms with van der Waals surface area (Å²) in [6.07, 6.45) is 4.42. The van der Waals surface area contributed by atoms with Gasteiger partial charge in [0.15, 0.2) is 0 Å². The number of carbonyl (C=O) groups is 2. The van der Waals surface area contributed by atoms with Crippen LogP contribution in [0.4, 0.5) is 0 Å². The van der Waals surface area contributed by atoms with Gasteiger partial charge in [-0.25, -0.2) is 0 Å². The smallest absolute Gasteiger partial charge is 0.225 e. The Morgan fingerprint density at radius 1 is 1.04 bits per heavy atom. The maximum atomic E-state index is 12.6. The predicted molar refractivity (Wildman–Crippen MR) is 98.3 cm³/mol. The lowest BCUT2D eigenvalue weighted by atomic mass is 9.95. The van der Waals surface area contributed by atoms with Crippen LogP contribution in [0.25, 0.3) is 0 Å². The lowest BCUT2D eigenvalue weighted by Gasteiger charge is -2.32. The molecule has 0 aromatic heterocycles. The highest BCUT2D eigenvalue weighted by Crippen LogP contribution is 2.33. The van der Waals surface area contributed by atoms with E-state index in [-0.39, 0.29) is 42.2 Å². The lowest BCUT2D eigenvalue weighted by molar-refractivity contribution is -0.136. The van der Waals surface area contributed by atoms with Crippen molar-refractivity contribution in [3.8, 4) is 0 Å². The van der Waals surface area contributed by atoms with E-state index in [9.17, 15) is 9.59 Å². The molecule has 2 fully saturated rings. The van der Waals surface area contributed by atoms with Crippen LogP contribution >= 0.6 is 12.4 Å². The Bertz CT molecular complexity index is 654. The molecule has 2 amide bonds. The Labute approximate surface area is 154 Å². The van der Waals surface area contributed by atoms with E-state index >= 15 is 0 Å². The van der Waals surface area contributed by atoms with Gasteiger partial charge >= 0.3 is 0 Å². The minimum absolute atomic E-state index is 0. The van der Waals surface area contributed by atoms with Gasteiger partial charge in [0.2, 0.25) is 11.8 Å². The molecule has 5 nitrogen and oxygen atoms in total. The number of nitrogens with zero attached hydrogens (tertiary/aromatic N) is 1. The van der Waals surface area contributed by atoms with E-state index in [2.05, 4.69) is 11.4 Å². The first-order chi connectivity index (χ1) is 11.6. The normalized spacial score (nSPS) is 25.9. The summed E-state index contributed by atoms with van der Waals surface area (Å²) in [5.41, 5.74) is 8.69. The van der Waals surface area contributed by atoms with Crippen molar-refractivity contribution < 1.29 is 9.59 Å². The van der Waals surface area contributed by atoms with Crippen LogP contribution in [0.5, 0.6) is 0 Å². The molecule has 0 bridgehead atoms. The number of benzene rings is 1. The zero-order chi connectivity index (χ0) is 16.7. The summed E-state index contributed by atoms with van der Waals surface area (Å²) in [4.78, 5) is 26.6. The Morgan fingerprint density at radius 3 is 2.36 bits per heavy atom. The largest absolute Gasteiger partial charge is 0.351 e. The Morgan fingerprint density at radius 2 is 1.72 bits per heavy atom. The molecule has 1 heterocycles. The average molecular weight is 364 g/mol. The van der Waals surface area contributed by atoms with Crippen LogP contribution in [-0.4, -0.2) is 35.8 Å². The van der Waals surface area contributed by atoms with E-state index in [4.69, 9.17) is 5.73 Å². The van der Waals surface area contributed by atoms with Crippen molar-refractivity contribution in [2.45, 2.75) is 44.2 Å². The number of hydrogen-bond acceptors (Lipinski definition) is 3. The summed E-state index contributed by atoms with van der Waals surface area (Å²) >= 11 is 0. The molecule has 6 heteroatoms. The maximum Gasteiger partial charge on any atom is 0.225 e. The van der Waals surface area contributed by atoms with Gasteiger partial charge in [-0.3, -0.25) is 9.59 Å². The van der Waals surface area contributed by atoms with Crippen LogP contribution in [0, 0.1) is 11.8 Å². The van der Waals surface area contributed by atoms with Gasteiger partial charge in [-0.05, 0) is 43.2 Å². The second kappa shape index (κ2) is 7.34. The van der Waals surface area contributed by atoms with Crippen molar-refractivity contribution in [3.63, 3.8) is 0 Å². The summed E-state index contributed by atoms with van der Waals surface area (Å²) in [5.74, 6) is 0.665. The maximum absolute atomic E-state index is 12.6. The Balaban J connectivity index is 0.00000182. The first kappa shape index (κ1) is 18.2. The topological polar surface area (TPSA) is 75.4 Å². The Kier molecular flexibility index (Phi) is 5.35. The van der Waals surface area contributed by atoms with Crippen LogP contribution in [0.3, 0.4) is 0 Å². The molecular formula is C19H26ClN3O2. The number of fused-ring (bicyclic) bond motifs is 1. The van der Waals surface area contributed by atoms with Crippen molar-refractivity contribution in [3.05, 3.63) is 35.4 Å². The Hall–Kier alpha value is -1.59. The highest BCUT2D eigenvalue weighted by Gasteiger charge is 2.37. The van der Waals surface area contributed by atoms with Gasteiger partial charge in [-0.15, -0.1) is 12.4 Å². The highest BCUT2D eigenvalue weighted by molar-refractivity contribution is 5.85. The van der Waals surface area contributed by atoms with E-state index in [1.165, 1.54) is 5.56 Å². The number of likely N-dealkylation sites (tertiary alicyclic amines) is 1. The molecule has 1 aromatic rings. The third-order valence-electron chi connectivity index (χ3n) is 5.72. The first-order valence-electron chi connectivity index (χ1n) is 9.06. The number of nitrogens with two attached hydrogens (primary N) is 1. The van der Waals surface area contributed by atoms with Crippen molar-refractivity contribution in [1.82, 2.24) is 10.2 Å². The minimum Gasteiger partial charge on any atom is -0.351 e. The summed E-state index contributed by atoms with van der Waals surface area (Å²) in [5, 5.41) is 3.16. The lowest BCUT2D eigenvalue weighted by Crippen LogP contribution is -2.47. The molecule has 1 aromatic carbocycles. The van der Waals surface area contributed by atoms with Crippen LogP contribution < -0.4 is 11.1 Å². The molecule has 0 spiro atoms. The molecule has 0 unspecified atom stereocenters. The molecule has 3 N–H and O–H groups in total. The van der Waals surface area contributed by atoms with E-state index in [1.54, 1.807) is 0 Å². The number of piperidine rings is 1. The quantitative estimate of drug-likeness (QED) is 0.859.